The number of carbonyl (C=O) groups is 2. The summed E-state index contributed by atoms with van der Waals surface area (Å²) < 4.78 is 5.08. The highest BCUT2D eigenvalue weighted by molar-refractivity contribution is 6.02. The van der Waals surface area contributed by atoms with Crippen LogP contribution in [0.5, 0.6) is 5.75 Å². The van der Waals surface area contributed by atoms with Crippen LogP contribution < -0.4 is 15.4 Å². The highest BCUT2D eigenvalue weighted by Gasteiger charge is 2.03. The van der Waals surface area contributed by atoms with Crippen LogP contribution in [0.2, 0.25) is 0 Å². The van der Waals surface area contributed by atoms with Gasteiger partial charge in [0.25, 0.3) is 0 Å². The van der Waals surface area contributed by atoms with Crippen molar-refractivity contribution in [1.82, 2.24) is 0 Å². The summed E-state index contributed by atoms with van der Waals surface area (Å²) in [6, 6.07) is 15.8. The second-order valence-corrected chi connectivity index (χ2v) is 5.06. The lowest BCUT2D eigenvalue weighted by atomic mass is 10.2. The number of amides is 2. The molecule has 0 fully saturated rings. The molecule has 6 heteroatoms. The van der Waals surface area contributed by atoms with Gasteiger partial charge in [-0.1, -0.05) is 18.2 Å². The molecule has 2 rings (SSSR count). The van der Waals surface area contributed by atoms with E-state index in [0.29, 0.717) is 11.4 Å². The van der Waals surface area contributed by atoms with Crippen molar-refractivity contribution in [2.45, 2.75) is 6.42 Å². The molecule has 0 unspecified atom stereocenters. The molecule has 0 aliphatic rings. The molecule has 0 spiro atoms. The number of hydrogen-bond acceptors (Lipinski definition) is 4. The molecule has 0 atom stereocenters. The second-order valence-electron chi connectivity index (χ2n) is 5.06. The van der Waals surface area contributed by atoms with E-state index in [1.807, 2.05) is 24.3 Å². The highest BCUT2D eigenvalue weighted by atomic mass is 16.5. The maximum Gasteiger partial charge on any atom is 0.248 e. The van der Waals surface area contributed by atoms with Gasteiger partial charge in [0.1, 0.15) is 12.2 Å². The molecule has 2 N–H and O–H groups in total. The lowest BCUT2D eigenvalue weighted by Gasteiger charge is -2.06. The monoisotopic (exact) mass is 335 g/mol. The van der Waals surface area contributed by atoms with Crippen LogP contribution in [0.4, 0.5) is 11.4 Å². The van der Waals surface area contributed by atoms with E-state index in [2.05, 4.69) is 10.6 Å². The Labute approximate surface area is 145 Å². The number of hydrogen-bond donors (Lipinski definition) is 2. The largest absolute Gasteiger partial charge is 0.497 e. The van der Waals surface area contributed by atoms with Crippen LogP contribution in [0, 0.1) is 11.3 Å². The molecular weight excluding hydrogens is 318 g/mol. The molecular formula is C19H17N3O3. The van der Waals surface area contributed by atoms with E-state index in [4.69, 9.17) is 10.00 Å². The normalized spacial score (nSPS) is 10.1. The molecule has 25 heavy (non-hydrogen) atoms. The fourth-order valence-electron chi connectivity index (χ4n) is 2.02. The number of nitrogens with one attached hydrogen (secondary N) is 2. The molecule has 0 heterocycles. The number of nitrogens with zero attached hydrogens (tertiary/aromatic N) is 1. The van der Waals surface area contributed by atoms with Gasteiger partial charge in [0, 0.05) is 17.5 Å². The molecule has 0 saturated heterocycles. The SMILES string of the molecule is COc1ccc(/C=C/C(=O)Nc2cccc(NC(=O)CC#N)c2)cc1. The fourth-order valence-corrected chi connectivity index (χ4v) is 2.02. The standard InChI is InChI=1S/C19H17N3O3/c1-25-17-8-5-14(6-9-17)7-10-18(23)21-15-3-2-4-16(13-15)22-19(24)11-12-20/h2-10,13H,11H2,1H3,(H,21,23)(H,22,24)/b10-7+. The number of ether oxygens (including phenoxy) is 1. The average molecular weight is 335 g/mol. The van der Waals surface area contributed by atoms with E-state index < -0.39 is 5.91 Å². The topological polar surface area (TPSA) is 91.2 Å². The van der Waals surface area contributed by atoms with Gasteiger partial charge < -0.3 is 15.4 Å². The minimum Gasteiger partial charge on any atom is -0.497 e. The van der Waals surface area contributed by atoms with Crippen molar-refractivity contribution in [3.05, 3.63) is 60.2 Å². The number of benzene rings is 2. The summed E-state index contributed by atoms with van der Waals surface area (Å²) in [4.78, 5) is 23.4. The molecule has 126 valence electrons. The zero-order chi connectivity index (χ0) is 18.1. The van der Waals surface area contributed by atoms with Crippen molar-refractivity contribution in [3.63, 3.8) is 0 Å². The zero-order valence-electron chi connectivity index (χ0n) is 13.7. The van der Waals surface area contributed by atoms with Gasteiger partial charge in [0.15, 0.2) is 0 Å². The lowest BCUT2D eigenvalue weighted by Crippen LogP contribution is -2.11. The smallest absolute Gasteiger partial charge is 0.248 e. The Morgan fingerprint density at radius 2 is 1.80 bits per heavy atom. The van der Waals surface area contributed by atoms with Gasteiger partial charge in [-0.3, -0.25) is 9.59 Å². The molecule has 0 aromatic heterocycles. The van der Waals surface area contributed by atoms with E-state index in [1.165, 1.54) is 6.08 Å². The molecule has 0 saturated carbocycles. The maximum absolute atomic E-state index is 12.0. The summed E-state index contributed by atoms with van der Waals surface area (Å²) in [6.07, 6.45) is 2.89. The van der Waals surface area contributed by atoms with E-state index in [0.717, 1.165) is 11.3 Å². The predicted molar refractivity (Wildman–Crippen MR) is 96.0 cm³/mol. The van der Waals surface area contributed by atoms with Crippen LogP contribution in [0.1, 0.15) is 12.0 Å². The molecule has 2 aromatic rings. The Bertz CT molecular complexity index is 821. The second kappa shape index (κ2) is 8.89. The molecule has 0 aliphatic carbocycles. The van der Waals surface area contributed by atoms with Gasteiger partial charge in [-0.25, -0.2) is 0 Å². The van der Waals surface area contributed by atoms with Crippen LogP contribution in [0.25, 0.3) is 6.08 Å². The number of rotatable bonds is 6. The minimum absolute atomic E-state index is 0.221. The van der Waals surface area contributed by atoms with Gasteiger partial charge in [-0.05, 0) is 42.0 Å². The fraction of sp³-hybridized carbons (Fsp3) is 0.105. The van der Waals surface area contributed by atoms with E-state index in [9.17, 15) is 9.59 Å². The summed E-state index contributed by atoms with van der Waals surface area (Å²) >= 11 is 0. The van der Waals surface area contributed by atoms with Crippen LogP contribution in [-0.4, -0.2) is 18.9 Å². The Kier molecular flexibility index (Phi) is 6.32. The summed E-state index contributed by atoms with van der Waals surface area (Å²) in [6.45, 7) is 0. The van der Waals surface area contributed by atoms with Crippen molar-refractivity contribution in [3.8, 4) is 11.8 Å². The van der Waals surface area contributed by atoms with Crippen LogP contribution in [0.15, 0.2) is 54.6 Å². The number of nitriles is 1. The summed E-state index contributed by atoms with van der Waals surface area (Å²) in [7, 11) is 1.59. The Morgan fingerprint density at radius 3 is 2.44 bits per heavy atom. The van der Waals surface area contributed by atoms with Crippen molar-refractivity contribution in [1.29, 1.82) is 5.26 Å². The Hall–Kier alpha value is -3.59. The summed E-state index contributed by atoms with van der Waals surface area (Å²) in [5.41, 5.74) is 1.92. The van der Waals surface area contributed by atoms with E-state index >= 15 is 0 Å². The lowest BCUT2D eigenvalue weighted by molar-refractivity contribution is -0.115. The molecule has 0 bridgehead atoms. The van der Waals surface area contributed by atoms with Crippen LogP contribution >= 0.6 is 0 Å². The molecule has 2 aromatic carbocycles. The van der Waals surface area contributed by atoms with Crippen molar-refractivity contribution in [2.75, 3.05) is 17.7 Å². The number of carbonyl (C=O) groups excluding carboxylic acids is 2. The quantitative estimate of drug-likeness (QED) is 0.793. The molecule has 6 nitrogen and oxygen atoms in total. The van der Waals surface area contributed by atoms with Crippen LogP contribution in [-0.2, 0) is 9.59 Å². The highest BCUT2D eigenvalue weighted by Crippen LogP contribution is 2.16. The number of anilines is 2. The zero-order valence-corrected chi connectivity index (χ0v) is 13.7. The molecule has 0 radical (unpaired) electrons. The first-order valence-electron chi connectivity index (χ1n) is 7.50. The number of methoxy groups -OCH3 is 1. The van der Waals surface area contributed by atoms with Crippen molar-refractivity contribution < 1.29 is 14.3 Å². The third-order valence-electron chi connectivity index (χ3n) is 3.20. The predicted octanol–water partition coefficient (Wildman–Crippen LogP) is 3.20. The molecule has 2 amide bonds. The van der Waals surface area contributed by atoms with E-state index in [1.54, 1.807) is 43.5 Å². The van der Waals surface area contributed by atoms with Gasteiger partial charge in [-0.2, -0.15) is 5.26 Å². The summed E-state index contributed by atoms with van der Waals surface area (Å²) in [5.74, 6) is 0.0542. The minimum atomic E-state index is -0.398. The van der Waals surface area contributed by atoms with Crippen molar-refractivity contribution in [2.24, 2.45) is 0 Å². The first kappa shape index (κ1) is 17.8. The molecule has 0 aliphatic heterocycles. The third kappa shape index (κ3) is 5.84. The first-order valence-corrected chi connectivity index (χ1v) is 7.50. The summed E-state index contributed by atoms with van der Waals surface area (Å²) in [5, 5.41) is 13.8. The van der Waals surface area contributed by atoms with E-state index in [-0.39, 0.29) is 12.3 Å². The van der Waals surface area contributed by atoms with Gasteiger partial charge in [0.2, 0.25) is 11.8 Å². The van der Waals surface area contributed by atoms with Gasteiger partial charge in [0.05, 0.1) is 13.2 Å². The Balaban J connectivity index is 1.96. The average Bonchev–Trinajstić information content (AvgIpc) is 2.61. The van der Waals surface area contributed by atoms with Crippen LogP contribution in [0.3, 0.4) is 0 Å². The third-order valence-corrected chi connectivity index (χ3v) is 3.20. The van der Waals surface area contributed by atoms with Crippen molar-refractivity contribution >= 4 is 29.3 Å². The van der Waals surface area contributed by atoms with Gasteiger partial charge in [-0.15, -0.1) is 0 Å². The Morgan fingerprint density at radius 1 is 1.12 bits per heavy atom. The first-order chi connectivity index (χ1) is 12.1. The maximum atomic E-state index is 12.0. The van der Waals surface area contributed by atoms with Gasteiger partial charge >= 0.3 is 0 Å².